The van der Waals surface area contributed by atoms with Crippen LogP contribution in [-0.4, -0.2) is 47.8 Å². The van der Waals surface area contributed by atoms with Gasteiger partial charge in [-0.05, 0) is 20.8 Å². The first-order valence-electron chi connectivity index (χ1n) is 5.15. The molecular weight excluding hydrogens is 220 g/mol. The molecule has 4 nitrogen and oxygen atoms in total. The zero-order chi connectivity index (χ0) is 12.2. The summed E-state index contributed by atoms with van der Waals surface area (Å²) >= 11 is 0. The molecular formula is C10H15F2NO3. The van der Waals surface area contributed by atoms with Crippen molar-refractivity contribution in [2.45, 2.75) is 37.9 Å². The van der Waals surface area contributed by atoms with E-state index in [0.717, 1.165) is 0 Å². The summed E-state index contributed by atoms with van der Waals surface area (Å²) in [6.45, 7) is 4.47. The number of ether oxygens (including phenoxy) is 2. The Morgan fingerprint density at radius 1 is 1.38 bits per heavy atom. The molecule has 0 radical (unpaired) electrons. The van der Waals surface area contributed by atoms with E-state index in [1.54, 1.807) is 20.8 Å². The van der Waals surface area contributed by atoms with Crippen LogP contribution < -0.4 is 0 Å². The highest BCUT2D eigenvalue weighted by Gasteiger charge is 2.70. The molecule has 92 valence electrons. The Morgan fingerprint density at radius 2 is 1.94 bits per heavy atom. The summed E-state index contributed by atoms with van der Waals surface area (Å²) in [4.78, 5) is 12.7. The molecule has 0 aromatic heterocycles. The highest BCUT2D eigenvalue weighted by Crippen LogP contribution is 2.47. The molecule has 2 fully saturated rings. The minimum Gasteiger partial charge on any atom is -0.444 e. The van der Waals surface area contributed by atoms with Gasteiger partial charge >= 0.3 is 12.0 Å². The smallest absolute Gasteiger partial charge is 0.410 e. The summed E-state index contributed by atoms with van der Waals surface area (Å²) < 4.78 is 36.2. The maximum absolute atomic E-state index is 13.1. The summed E-state index contributed by atoms with van der Waals surface area (Å²) in [5, 5.41) is 0. The number of hydrogen-bond donors (Lipinski definition) is 0. The van der Waals surface area contributed by atoms with E-state index >= 15 is 0 Å². The molecule has 2 aliphatic rings. The molecule has 0 aliphatic carbocycles. The third-order valence-corrected chi connectivity index (χ3v) is 2.74. The normalized spacial score (nSPS) is 25.9. The molecule has 0 aromatic carbocycles. The van der Waals surface area contributed by atoms with Crippen LogP contribution in [0.3, 0.4) is 0 Å². The van der Waals surface area contributed by atoms with Crippen LogP contribution in [0.25, 0.3) is 0 Å². The lowest BCUT2D eigenvalue weighted by Gasteiger charge is -2.58. The Labute approximate surface area is 92.5 Å². The Morgan fingerprint density at radius 3 is 2.25 bits per heavy atom. The maximum Gasteiger partial charge on any atom is 0.410 e. The Hall–Kier alpha value is -0.910. The van der Waals surface area contributed by atoms with Gasteiger partial charge in [0.2, 0.25) is 0 Å². The largest absolute Gasteiger partial charge is 0.444 e. The van der Waals surface area contributed by atoms with Crippen LogP contribution in [0.1, 0.15) is 20.8 Å². The number of carbonyl (C=O) groups excluding carboxylic acids is 1. The number of hydrogen-bond acceptors (Lipinski definition) is 3. The zero-order valence-corrected chi connectivity index (χ0v) is 9.55. The number of likely N-dealkylation sites (tertiary alicyclic amines) is 1. The van der Waals surface area contributed by atoms with E-state index in [0.29, 0.717) is 0 Å². The molecule has 0 saturated carbocycles. The fraction of sp³-hybridized carbons (Fsp3) is 0.900. The first kappa shape index (κ1) is 11.6. The predicted molar refractivity (Wildman–Crippen MR) is 51.4 cm³/mol. The third-order valence-electron chi connectivity index (χ3n) is 2.74. The Balaban J connectivity index is 1.87. The van der Waals surface area contributed by atoms with Crippen LogP contribution in [0.15, 0.2) is 0 Å². The minimum atomic E-state index is -2.81. The van der Waals surface area contributed by atoms with Gasteiger partial charge in [0.25, 0.3) is 0 Å². The Kier molecular flexibility index (Phi) is 2.21. The van der Waals surface area contributed by atoms with Gasteiger partial charge in [-0.1, -0.05) is 0 Å². The van der Waals surface area contributed by atoms with E-state index in [-0.39, 0.29) is 13.1 Å². The summed E-state index contributed by atoms with van der Waals surface area (Å²) in [6, 6.07) is 0. The molecule has 2 saturated heterocycles. The van der Waals surface area contributed by atoms with Crippen molar-refractivity contribution in [3.05, 3.63) is 0 Å². The zero-order valence-electron chi connectivity index (χ0n) is 9.55. The Bertz CT molecular complexity index is 319. The number of alkyl halides is 2. The van der Waals surface area contributed by atoms with Gasteiger partial charge in [0, 0.05) is 0 Å². The van der Waals surface area contributed by atoms with Crippen molar-refractivity contribution >= 4 is 6.09 Å². The molecule has 0 bridgehead atoms. The molecule has 1 spiro atoms. The second-order valence-electron chi connectivity index (χ2n) is 5.32. The summed E-state index contributed by atoms with van der Waals surface area (Å²) in [5.41, 5.74) is -2.05. The lowest BCUT2D eigenvalue weighted by Crippen LogP contribution is -2.80. The maximum atomic E-state index is 13.1. The van der Waals surface area contributed by atoms with Crippen molar-refractivity contribution in [1.29, 1.82) is 0 Å². The molecule has 2 aliphatic heterocycles. The van der Waals surface area contributed by atoms with Gasteiger partial charge in [0.1, 0.15) is 12.2 Å². The number of carbonyl (C=O) groups is 1. The number of amides is 1. The van der Waals surface area contributed by atoms with Crippen LogP contribution in [-0.2, 0) is 9.47 Å². The topological polar surface area (TPSA) is 38.8 Å². The molecule has 2 heterocycles. The monoisotopic (exact) mass is 235 g/mol. The molecule has 0 atom stereocenters. The lowest BCUT2D eigenvalue weighted by molar-refractivity contribution is -0.362. The van der Waals surface area contributed by atoms with E-state index in [9.17, 15) is 13.6 Å². The molecule has 0 aromatic rings. The fourth-order valence-corrected chi connectivity index (χ4v) is 1.73. The molecule has 1 amide bonds. The minimum absolute atomic E-state index is 0.0884. The molecule has 16 heavy (non-hydrogen) atoms. The summed E-state index contributed by atoms with van der Waals surface area (Å²) in [6.07, 6.45) is -0.565. The summed E-state index contributed by atoms with van der Waals surface area (Å²) in [5.74, 6) is -2.81. The summed E-state index contributed by atoms with van der Waals surface area (Å²) in [7, 11) is 0. The number of nitrogens with zero attached hydrogens (tertiary/aromatic N) is 1. The average Bonchev–Trinajstić information content (AvgIpc) is 1.96. The second-order valence-corrected chi connectivity index (χ2v) is 5.32. The first-order valence-corrected chi connectivity index (χ1v) is 5.15. The van der Waals surface area contributed by atoms with Crippen LogP contribution in [0.5, 0.6) is 0 Å². The van der Waals surface area contributed by atoms with E-state index < -0.39 is 29.8 Å². The second kappa shape index (κ2) is 3.06. The van der Waals surface area contributed by atoms with Gasteiger partial charge < -0.3 is 14.4 Å². The van der Waals surface area contributed by atoms with Gasteiger partial charge in [0.15, 0.2) is 5.60 Å². The van der Waals surface area contributed by atoms with E-state index in [2.05, 4.69) is 0 Å². The van der Waals surface area contributed by atoms with Crippen LogP contribution in [0.2, 0.25) is 0 Å². The van der Waals surface area contributed by atoms with Gasteiger partial charge in [-0.3, -0.25) is 0 Å². The van der Waals surface area contributed by atoms with Crippen LogP contribution in [0.4, 0.5) is 13.6 Å². The highest BCUT2D eigenvalue weighted by atomic mass is 19.3. The third kappa shape index (κ3) is 1.65. The van der Waals surface area contributed by atoms with Gasteiger partial charge in [-0.15, -0.1) is 0 Å². The SMILES string of the molecule is CC(C)(C)OC(=O)N1CC2(C1)OCC2(F)F. The predicted octanol–water partition coefficient (Wildman–Crippen LogP) is 1.64. The van der Waals surface area contributed by atoms with Crippen molar-refractivity contribution in [2.24, 2.45) is 0 Å². The van der Waals surface area contributed by atoms with Crippen molar-refractivity contribution in [2.75, 3.05) is 19.7 Å². The van der Waals surface area contributed by atoms with Crippen LogP contribution in [0, 0.1) is 0 Å². The first-order chi connectivity index (χ1) is 7.15. The molecule has 6 heteroatoms. The van der Waals surface area contributed by atoms with Gasteiger partial charge in [-0.25, -0.2) is 13.6 Å². The number of rotatable bonds is 0. The average molecular weight is 235 g/mol. The lowest BCUT2D eigenvalue weighted by atomic mass is 9.83. The number of halogens is 2. The van der Waals surface area contributed by atoms with Crippen molar-refractivity contribution < 1.29 is 23.0 Å². The molecule has 2 rings (SSSR count). The van der Waals surface area contributed by atoms with Gasteiger partial charge in [0.05, 0.1) is 13.1 Å². The highest BCUT2D eigenvalue weighted by molar-refractivity contribution is 5.70. The van der Waals surface area contributed by atoms with Crippen molar-refractivity contribution in [1.82, 2.24) is 4.90 Å². The van der Waals surface area contributed by atoms with E-state index in [1.807, 2.05) is 0 Å². The quantitative estimate of drug-likeness (QED) is 0.640. The van der Waals surface area contributed by atoms with Crippen LogP contribution >= 0.6 is 0 Å². The molecule has 0 unspecified atom stereocenters. The van der Waals surface area contributed by atoms with Crippen molar-refractivity contribution in [3.8, 4) is 0 Å². The van der Waals surface area contributed by atoms with Gasteiger partial charge in [-0.2, -0.15) is 0 Å². The standard InChI is InChI=1S/C10H15F2NO3/c1-8(2,3)16-7(14)13-4-9(5-13)10(11,12)6-15-9/h4-6H2,1-3H3. The fourth-order valence-electron chi connectivity index (χ4n) is 1.73. The van der Waals surface area contributed by atoms with E-state index in [4.69, 9.17) is 9.47 Å². The molecule has 0 N–H and O–H groups in total. The van der Waals surface area contributed by atoms with E-state index in [1.165, 1.54) is 4.90 Å². The van der Waals surface area contributed by atoms with Crippen molar-refractivity contribution in [3.63, 3.8) is 0 Å².